The first kappa shape index (κ1) is 37.2. The molecule has 0 radical (unpaired) electrons. The summed E-state index contributed by atoms with van der Waals surface area (Å²) >= 11 is 0. The molecule has 2 heterocycles. The van der Waals surface area contributed by atoms with Crippen LogP contribution in [0, 0.1) is 0 Å². The fourth-order valence-electron chi connectivity index (χ4n) is 6.40. The van der Waals surface area contributed by atoms with E-state index in [-0.39, 0.29) is 24.3 Å². The Balaban J connectivity index is 1.43. The van der Waals surface area contributed by atoms with Crippen molar-refractivity contribution in [3.05, 3.63) is 11.6 Å². The number of rotatable bonds is 26. The molecule has 42 heavy (non-hydrogen) atoms. The standard InChI is InChI=1S/C35H64O7/c1-3-4-5-6-7-8-9-10-11-12-13-17-20-31(38)33-23-24-34(42-33)32(39)22-21-29(36)18-15-14-16-19-30(37)26-28-25-27(2)41-35(28)40/h25,27,29-34,36-39H,3-24,26H2,1-2H3/t27-,29?,30+,31?,32+,33?,34?/m0/s1. The third-order valence-electron chi connectivity index (χ3n) is 9.11. The van der Waals surface area contributed by atoms with E-state index in [1.807, 2.05) is 6.92 Å². The Labute approximate surface area is 256 Å². The monoisotopic (exact) mass is 596 g/mol. The van der Waals surface area contributed by atoms with Crippen molar-refractivity contribution < 1.29 is 34.7 Å². The Morgan fingerprint density at radius 3 is 1.69 bits per heavy atom. The van der Waals surface area contributed by atoms with Crippen molar-refractivity contribution in [2.24, 2.45) is 0 Å². The van der Waals surface area contributed by atoms with Gasteiger partial charge in [-0.3, -0.25) is 0 Å². The van der Waals surface area contributed by atoms with Crippen LogP contribution in [0.25, 0.3) is 0 Å². The number of aliphatic hydroxyl groups excluding tert-OH is 4. The summed E-state index contributed by atoms with van der Waals surface area (Å²) in [6, 6.07) is 0. The first-order chi connectivity index (χ1) is 20.3. The maximum atomic E-state index is 11.7. The normalized spacial score (nSPS) is 23.5. The highest BCUT2D eigenvalue weighted by atomic mass is 16.5. The van der Waals surface area contributed by atoms with Gasteiger partial charge in [-0.2, -0.15) is 0 Å². The minimum atomic E-state index is -0.613. The Morgan fingerprint density at radius 1 is 0.667 bits per heavy atom. The van der Waals surface area contributed by atoms with Crippen molar-refractivity contribution in [2.75, 3.05) is 0 Å². The molecular weight excluding hydrogens is 532 g/mol. The first-order valence-corrected chi connectivity index (χ1v) is 17.6. The molecule has 4 unspecified atom stereocenters. The van der Waals surface area contributed by atoms with E-state index in [1.54, 1.807) is 6.08 Å². The van der Waals surface area contributed by atoms with Gasteiger partial charge in [0.2, 0.25) is 0 Å². The summed E-state index contributed by atoms with van der Waals surface area (Å²) in [7, 11) is 0. The molecule has 2 aliphatic heterocycles. The second kappa shape index (κ2) is 22.5. The molecule has 0 aromatic heterocycles. The van der Waals surface area contributed by atoms with Crippen LogP contribution in [0.3, 0.4) is 0 Å². The highest BCUT2D eigenvalue weighted by Crippen LogP contribution is 2.28. The number of carbonyl (C=O) groups is 1. The highest BCUT2D eigenvalue weighted by Gasteiger charge is 2.34. The summed E-state index contributed by atoms with van der Waals surface area (Å²) in [6.45, 7) is 4.07. The average Bonchev–Trinajstić information content (AvgIpc) is 3.58. The molecule has 7 nitrogen and oxygen atoms in total. The number of unbranched alkanes of at least 4 members (excludes halogenated alkanes) is 13. The zero-order chi connectivity index (χ0) is 30.6. The van der Waals surface area contributed by atoms with Crippen molar-refractivity contribution in [3.63, 3.8) is 0 Å². The van der Waals surface area contributed by atoms with E-state index in [1.165, 1.54) is 70.6 Å². The minimum absolute atomic E-state index is 0.184. The number of esters is 1. The van der Waals surface area contributed by atoms with Crippen LogP contribution in [-0.2, 0) is 14.3 Å². The van der Waals surface area contributed by atoms with Gasteiger partial charge in [0.15, 0.2) is 0 Å². The van der Waals surface area contributed by atoms with E-state index in [2.05, 4.69) is 6.92 Å². The molecule has 0 saturated carbocycles. The van der Waals surface area contributed by atoms with E-state index in [0.717, 1.165) is 44.9 Å². The van der Waals surface area contributed by atoms with Gasteiger partial charge in [-0.1, -0.05) is 103 Å². The second-order valence-electron chi connectivity index (χ2n) is 13.1. The number of carbonyl (C=O) groups excluding carboxylic acids is 1. The van der Waals surface area contributed by atoms with Crippen molar-refractivity contribution in [2.45, 2.75) is 204 Å². The molecule has 1 saturated heterocycles. The average molecular weight is 597 g/mol. The Kier molecular flexibility index (Phi) is 19.9. The highest BCUT2D eigenvalue weighted by molar-refractivity contribution is 5.90. The first-order valence-electron chi connectivity index (χ1n) is 17.6. The molecule has 7 heteroatoms. The smallest absolute Gasteiger partial charge is 0.334 e. The summed E-state index contributed by atoms with van der Waals surface area (Å²) in [4.78, 5) is 11.7. The number of ether oxygens (including phenoxy) is 2. The molecule has 0 aromatic carbocycles. The largest absolute Gasteiger partial charge is 0.455 e. The fourth-order valence-corrected chi connectivity index (χ4v) is 6.40. The summed E-state index contributed by atoms with van der Waals surface area (Å²) in [5.74, 6) is -0.323. The second-order valence-corrected chi connectivity index (χ2v) is 13.1. The van der Waals surface area contributed by atoms with E-state index >= 15 is 0 Å². The zero-order valence-corrected chi connectivity index (χ0v) is 26.9. The van der Waals surface area contributed by atoms with Gasteiger partial charge >= 0.3 is 5.97 Å². The summed E-state index contributed by atoms with van der Waals surface area (Å²) < 4.78 is 11.1. The molecule has 246 valence electrons. The van der Waals surface area contributed by atoms with Gasteiger partial charge < -0.3 is 29.9 Å². The van der Waals surface area contributed by atoms with E-state index in [0.29, 0.717) is 37.7 Å². The molecule has 4 N–H and O–H groups in total. The van der Waals surface area contributed by atoms with Gasteiger partial charge in [0.1, 0.15) is 6.10 Å². The molecule has 0 aliphatic carbocycles. The lowest BCUT2D eigenvalue weighted by Crippen LogP contribution is -2.31. The molecular formula is C35H64O7. The lowest BCUT2D eigenvalue weighted by Gasteiger charge is -2.23. The maximum absolute atomic E-state index is 11.7. The van der Waals surface area contributed by atoms with Gasteiger partial charge in [0.05, 0.1) is 36.6 Å². The van der Waals surface area contributed by atoms with Gasteiger partial charge in [-0.15, -0.1) is 0 Å². The minimum Gasteiger partial charge on any atom is -0.455 e. The van der Waals surface area contributed by atoms with Crippen LogP contribution < -0.4 is 0 Å². The van der Waals surface area contributed by atoms with Crippen molar-refractivity contribution in [1.29, 1.82) is 0 Å². The van der Waals surface area contributed by atoms with Crippen LogP contribution in [0.4, 0.5) is 0 Å². The van der Waals surface area contributed by atoms with E-state index < -0.39 is 24.4 Å². The van der Waals surface area contributed by atoms with Crippen LogP contribution in [-0.4, -0.2) is 69.1 Å². The maximum Gasteiger partial charge on any atom is 0.334 e. The SMILES string of the molecule is CCCCCCCCCCCCCCC(O)C1CCC([C@H](O)CCC(O)CCCCC[C@@H](O)CC2=C[C@H](C)OC2=O)O1. The fraction of sp³-hybridized carbons (Fsp3) is 0.914. The lowest BCUT2D eigenvalue weighted by molar-refractivity contribution is -0.139. The molecule has 7 atom stereocenters. The van der Waals surface area contributed by atoms with Crippen molar-refractivity contribution in [3.8, 4) is 0 Å². The molecule has 2 rings (SSSR count). The quantitative estimate of drug-likeness (QED) is 0.0624. The van der Waals surface area contributed by atoms with Crippen LogP contribution in [0.1, 0.15) is 162 Å². The van der Waals surface area contributed by atoms with Gasteiger partial charge in [0.25, 0.3) is 0 Å². The van der Waals surface area contributed by atoms with Gasteiger partial charge in [-0.25, -0.2) is 4.79 Å². The van der Waals surface area contributed by atoms with Gasteiger partial charge in [-0.05, 0) is 57.9 Å². The van der Waals surface area contributed by atoms with Crippen LogP contribution in [0.15, 0.2) is 11.6 Å². The number of cyclic esters (lactones) is 1. The molecule has 2 aliphatic rings. The van der Waals surface area contributed by atoms with Gasteiger partial charge in [0, 0.05) is 12.0 Å². The van der Waals surface area contributed by atoms with Crippen LogP contribution in [0.2, 0.25) is 0 Å². The topological polar surface area (TPSA) is 116 Å². The summed E-state index contributed by atoms with van der Waals surface area (Å²) in [5.41, 5.74) is 0.565. The third kappa shape index (κ3) is 16.2. The van der Waals surface area contributed by atoms with Crippen LogP contribution >= 0.6 is 0 Å². The summed E-state index contributed by atoms with van der Waals surface area (Å²) in [6.07, 6.45) is 22.3. The summed E-state index contributed by atoms with van der Waals surface area (Å²) in [5, 5.41) is 41.8. The van der Waals surface area contributed by atoms with Crippen molar-refractivity contribution in [1.82, 2.24) is 0 Å². The predicted octanol–water partition coefficient (Wildman–Crippen LogP) is 7.06. The van der Waals surface area contributed by atoms with E-state index in [4.69, 9.17) is 9.47 Å². The number of hydrogen-bond donors (Lipinski definition) is 4. The number of aliphatic hydroxyl groups is 4. The Hall–Kier alpha value is -0.990. The zero-order valence-electron chi connectivity index (χ0n) is 26.9. The van der Waals surface area contributed by atoms with Crippen molar-refractivity contribution >= 4 is 5.97 Å². The third-order valence-corrected chi connectivity index (χ3v) is 9.11. The molecule has 0 amide bonds. The Morgan fingerprint density at radius 2 is 1.14 bits per heavy atom. The lowest BCUT2D eigenvalue weighted by atomic mass is 9.98. The molecule has 0 aromatic rings. The Bertz CT molecular complexity index is 726. The van der Waals surface area contributed by atoms with Crippen LogP contribution in [0.5, 0.6) is 0 Å². The predicted molar refractivity (Wildman–Crippen MR) is 168 cm³/mol. The molecule has 0 spiro atoms. The molecule has 0 bridgehead atoms. The molecule has 1 fully saturated rings. The van der Waals surface area contributed by atoms with E-state index in [9.17, 15) is 25.2 Å². The number of hydrogen-bond acceptors (Lipinski definition) is 7.